The molecule has 0 aliphatic heterocycles. The first-order chi connectivity index (χ1) is 16.8. The number of amides is 2. The SMILES string of the molecule is CCCNC(=O)C(Cc1ccccc1)N(Cc1ccc(Cl)c(Cl)c1)C(=O)Cc1ccc(Cl)c(Cl)c1. The number of hydrogen-bond donors (Lipinski definition) is 1. The summed E-state index contributed by atoms with van der Waals surface area (Å²) in [6.45, 7) is 2.69. The van der Waals surface area contributed by atoms with Crippen LogP contribution in [0.25, 0.3) is 0 Å². The van der Waals surface area contributed by atoms with Crippen LogP contribution in [-0.4, -0.2) is 29.3 Å². The van der Waals surface area contributed by atoms with E-state index in [0.29, 0.717) is 38.6 Å². The highest BCUT2D eigenvalue weighted by Gasteiger charge is 2.30. The highest BCUT2D eigenvalue weighted by atomic mass is 35.5. The Balaban J connectivity index is 1.98. The van der Waals surface area contributed by atoms with E-state index < -0.39 is 6.04 Å². The molecule has 0 heterocycles. The molecule has 3 rings (SSSR count). The number of halogens is 4. The summed E-state index contributed by atoms with van der Waals surface area (Å²) in [7, 11) is 0. The van der Waals surface area contributed by atoms with Crippen LogP contribution in [0.2, 0.25) is 20.1 Å². The van der Waals surface area contributed by atoms with Crippen LogP contribution in [0.4, 0.5) is 0 Å². The standard InChI is InChI=1S/C27H26Cl4N2O2/c1-2-12-32-27(35)25(15-18-6-4-3-5-7-18)33(17-20-9-11-22(29)24(31)14-20)26(34)16-19-8-10-21(28)23(30)13-19/h3-11,13-14,25H,2,12,15-17H2,1H3,(H,32,35). The molecule has 1 N–H and O–H groups in total. The van der Waals surface area contributed by atoms with Gasteiger partial charge in [0.2, 0.25) is 11.8 Å². The number of carbonyl (C=O) groups excluding carboxylic acids is 2. The molecule has 2 amide bonds. The van der Waals surface area contributed by atoms with Crippen LogP contribution < -0.4 is 5.32 Å². The van der Waals surface area contributed by atoms with Gasteiger partial charge >= 0.3 is 0 Å². The zero-order chi connectivity index (χ0) is 25.4. The van der Waals surface area contributed by atoms with Crippen LogP contribution in [0.15, 0.2) is 66.7 Å². The first kappa shape index (κ1) is 27.3. The van der Waals surface area contributed by atoms with Gasteiger partial charge in [-0.25, -0.2) is 0 Å². The minimum absolute atomic E-state index is 0.0601. The van der Waals surface area contributed by atoms with Gasteiger partial charge < -0.3 is 10.2 Å². The van der Waals surface area contributed by atoms with Crippen molar-refractivity contribution in [2.24, 2.45) is 0 Å². The van der Waals surface area contributed by atoms with E-state index in [1.165, 1.54) is 0 Å². The molecule has 0 aromatic heterocycles. The molecule has 3 aromatic rings. The molecule has 0 saturated carbocycles. The predicted octanol–water partition coefficient (Wildman–Crippen LogP) is 7.01. The quantitative estimate of drug-likeness (QED) is 0.294. The first-order valence-electron chi connectivity index (χ1n) is 11.3. The van der Waals surface area contributed by atoms with Crippen molar-refractivity contribution in [1.82, 2.24) is 10.2 Å². The average Bonchev–Trinajstić information content (AvgIpc) is 2.84. The fourth-order valence-corrected chi connectivity index (χ4v) is 4.32. The van der Waals surface area contributed by atoms with E-state index in [1.807, 2.05) is 37.3 Å². The van der Waals surface area contributed by atoms with Crippen molar-refractivity contribution >= 4 is 58.2 Å². The molecule has 0 bridgehead atoms. The van der Waals surface area contributed by atoms with E-state index in [-0.39, 0.29) is 24.8 Å². The Bertz CT molecular complexity index is 1170. The van der Waals surface area contributed by atoms with Crippen molar-refractivity contribution in [3.05, 3.63) is 104 Å². The Morgan fingerprint density at radius 3 is 2.00 bits per heavy atom. The number of carbonyl (C=O) groups is 2. The van der Waals surface area contributed by atoms with Gasteiger partial charge in [0, 0.05) is 19.5 Å². The zero-order valence-electron chi connectivity index (χ0n) is 19.2. The van der Waals surface area contributed by atoms with Gasteiger partial charge in [-0.05, 0) is 47.4 Å². The normalized spacial score (nSPS) is 11.7. The Labute approximate surface area is 226 Å². The van der Waals surface area contributed by atoms with E-state index in [1.54, 1.807) is 41.3 Å². The van der Waals surface area contributed by atoms with E-state index in [0.717, 1.165) is 17.5 Å². The summed E-state index contributed by atoms with van der Waals surface area (Å²) in [5.74, 6) is -0.430. The van der Waals surface area contributed by atoms with Gasteiger partial charge in [-0.1, -0.05) is 95.8 Å². The molecule has 0 radical (unpaired) electrons. The number of nitrogens with one attached hydrogen (secondary N) is 1. The second kappa shape index (κ2) is 13.2. The molecule has 184 valence electrons. The molecular weight excluding hydrogens is 526 g/mol. The summed E-state index contributed by atoms with van der Waals surface area (Å²) >= 11 is 24.5. The van der Waals surface area contributed by atoms with Crippen molar-refractivity contribution in [3.8, 4) is 0 Å². The largest absolute Gasteiger partial charge is 0.354 e. The summed E-state index contributed by atoms with van der Waals surface area (Å²) in [4.78, 5) is 28.6. The van der Waals surface area contributed by atoms with E-state index in [4.69, 9.17) is 46.4 Å². The molecule has 3 aromatic carbocycles. The highest BCUT2D eigenvalue weighted by Crippen LogP contribution is 2.26. The van der Waals surface area contributed by atoms with Crippen LogP contribution in [0.3, 0.4) is 0 Å². The second-order valence-corrected chi connectivity index (χ2v) is 9.82. The lowest BCUT2D eigenvalue weighted by atomic mass is 10.0. The van der Waals surface area contributed by atoms with Crippen molar-refractivity contribution in [2.45, 2.75) is 38.8 Å². The summed E-state index contributed by atoms with van der Waals surface area (Å²) < 4.78 is 0. The second-order valence-electron chi connectivity index (χ2n) is 8.19. The maximum atomic E-state index is 13.7. The summed E-state index contributed by atoms with van der Waals surface area (Å²) in [5, 5.41) is 4.55. The molecular formula is C27H26Cl4N2O2. The minimum Gasteiger partial charge on any atom is -0.354 e. The molecule has 35 heavy (non-hydrogen) atoms. The Kier molecular flexibility index (Phi) is 10.3. The lowest BCUT2D eigenvalue weighted by molar-refractivity contribution is -0.140. The van der Waals surface area contributed by atoms with Crippen molar-refractivity contribution in [1.29, 1.82) is 0 Å². The molecule has 8 heteroatoms. The monoisotopic (exact) mass is 550 g/mol. The fraction of sp³-hybridized carbons (Fsp3) is 0.259. The molecule has 0 spiro atoms. The van der Waals surface area contributed by atoms with Crippen LogP contribution >= 0.6 is 46.4 Å². The van der Waals surface area contributed by atoms with Crippen LogP contribution in [0.1, 0.15) is 30.0 Å². The number of nitrogens with zero attached hydrogens (tertiary/aromatic N) is 1. The van der Waals surface area contributed by atoms with Gasteiger partial charge in [-0.15, -0.1) is 0 Å². The maximum Gasteiger partial charge on any atom is 0.243 e. The van der Waals surface area contributed by atoms with Gasteiger partial charge in [0.1, 0.15) is 6.04 Å². The maximum absolute atomic E-state index is 13.7. The molecule has 1 atom stereocenters. The lowest BCUT2D eigenvalue weighted by Crippen LogP contribution is -2.51. The van der Waals surface area contributed by atoms with Crippen molar-refractivity contribution in [3.63, 3.8) is 0 Å². The smallest absolute Gasteiger partial charge is 0.243 e. The Hall–Kier alpha value is -2.24. The third-order valence-corrected chi connectivity index (χ3v) is 6.97. The molecule has 0 aliphatic carbocycles. The van der Waals surface area contributed by atoms with Gasteiger partial charge in [-0.2, -0.15) is 0 Å². The molecule has 1 unspecified atom stereocenters. The van der Waals surface area contributed by atoms with Crippen molar-refractivity contribution < 1.29 is 9.59 Å². The van der Waals surface area contributed by atoms with E-state index in [9.17, 15) is 9.59 Å². The minimum atomic E-state index is -0.728. The molecule has 0 saturated heterocycles. The zero-order valence-corrected chi connectivity index (χ0v) is 22.3. The summed E-state index contributed by atoms with van der Waals surface area (Å²) in [5.41, 5.74) is 2.42. The third-order valence-electron chi connectivity index (χ3n) is 5.50. The lowest BCUT2D eigenvalue weighted by Gasteiger charge is -2.32. The average molecular weight is 552 g/mol. The van der Waals surface area contributed by atoms with Crippen molar-refractivity contribution in [2.75, 3.05) is 6.54 Å². The van der Waals surface area contributed by atoms with E-state index in [2.05, 4.69) is 5.32 Å². The topological polar surface area (TPSA) is 49.4 Å². The first-order valence-corrected chi connectivity index (χ1v) is 12.8. The highest BCUT2D eigenvalue weighted by molar-refractivity contribution is 6.42. The molecule has 0 aliphatic rings. The van der Waals surface area contributed by atoms with Gasteiger partial charge in [0.15, 0.2) is 0 Å². The van der Waals surface area contributed by atoms with Crippen LogP contribution in [0, 0.1) is 0 Å². The van der Waals surface area contributed by atoms with Gasteiger partial charge in [0.05, 0.1) is 26.5 Å². The number of rotatable bonds is 10. The summed E-state index contributed by atoms with van der Waals surface area (Å²) in [6.07, 6.45) is 1.21. The van der Waals surface area contributed by atoms with Crippen LogP contribution in [-0.2, 0) is 29.0 Å². The van der Waals surface area contributed by atoms with Gasteiger partial charge in [0.25, 0.3) is 0 Å². The summed E-state index contributed by atoms with van der Waals surface area (Å²) in [6, 6.07) is 19.2. The predicted molar refractivity (Wildman–Crippen MR) is 144 cm³/mol. The van der Waals surface area contributed by atoms with Gasteiger partial charge in [-0.3, -0.25) is 9.59 Å². The Morgan fingerprint density at radius 1 is 0.800 bits per heavy atom. The van der Waals surface area contributed by atoms with E-state index >= 15 is 0 Å². The molecule has 0 fully saturated rings. The molecule has 4 nitrogen and oxygen atoms in total. The number of hydrogen-bond acceptors (Lipinski definition) is 2. The third kappa shape index (κ3) is 7.88. The fourth-order valence-electron chi connectivity index (χ4n) is 3.68. The number of benzene rings is 3. The van der Waals surface area contributed by atoms with Crippen LogP contribution in [0.5, 0.6) is 0 Å². The Morgan fingerprint density at radius 2 is 1.40 bits per heavy atom.